The molecule has 0 bridgehead atoms. The van der Waals surface area contributed by atoms with Crippen LogP contribution in [-0.2, 0) is 9.84 Å². The van der Waals surface area contributed by atoms with E-state index in [0.717, 1.165) is 5.56 Å². The van der Waals surface area contributed by atoms with Gasteiger partial charge in [-0.3, -0.25) is 0 Å². The number of nitrogens with one attached hydrogen (secondary N) is 1. The summed E-state index contributed by atoms with van der Waals surface area (Å²) in [7, 11) is -3.04. The van der Waals surface area contributed by atoms with Gasteiger partial charge in [-0.15, -0.1) is 0 Å². The van der Waals surface area contributed by atoms with E-state index in [1.54, 1.807) is 13.0 Å². The van der Waals surface area contributed by atoms with Crippen molar-refractivity contribution in [2.75, 3.05) is 17.3 Å². The number of sulfone groups is 1. The van der Waals surface area contributed by atoms with Crippen molar-refractivity contribution in [3.63, 3.8) is 0 Å². The Balaban J connectivity index is 2.85. The van der Waals surface area contributed by atoms with Gasteiger partial charge in [0.2, 0.25) is 0 Å². The number of hydrogen-bond donors (Lipinski definition) is 1. The highest BCUT2D eigenvalue weighted by Gasteiger charge is 2.12. The average molecular weight is 324 g/mol. The summed E-state index contributed by atoms with van der Waals surface area (Å²) >= 11 is 3.10. The van der Waals surface area contributed by atoms with E-state index in [1.807, 2.05) is 6.92 Å². The molecule has 1 aromatic carbocycles. The van der Waals surface area contributed by atoms with Gasteiger partial charge in [-0.2, -0.15) is 0 Å². The van der Waals surface area contributed by atoms with Gasteiger partial charge in [0.1, 0.15) is 15.7 Å². The fraction of sp³-hybridized carbons (Fsp3) is 0.455. The van der Waals surface area contributed by atoms with E-state index in [4.69, 9.17) is 0 Å². The van der Waals surface area contributed by atoms with Gasteiger partial charge >= 0.3 is 0 Å². The molecular formula is C11H15BrFNO2S. The molecular weight excluding hydrogens is 309 g/mol. The van der Waals surface area contributed by atoms with Gasteiger partial charge in [0.15, 0.2) is 0 Å². The summed E-state index contributed by atoms with van der Waals surface area (Å²) in [5, 5.41) is 2.99. The van der Waals surface area contributed by atoms with Crippen LogP contribution < -0.4 is 5.32 Å². The molecule has 0 aliphatic carbocycles. The third-order valence-corrected chi connectivity index (χ3v) is 3.94. The van der Waals surface area contributed by atoms with Gasteiger partial charge in [0.25, 0.3) is 0 Å². The molecule has 0 saturated carbocycles. The molecule has 0 aliphatic rings. The second kappa shape index (κ2) is 5.35. The molecule has 1 rings (SSSR count). The van der Waals surface area contributed by atoms with E-state index in [2.05, 4.69) is 21.2 Å². The number of aryl methyl sites for hydroxylation is 1. The SMILES string of the molecule is Cc1cc(Br)c(F)cc1NC(C)CS(C)(=O)=O. The predicted octanol–water partition coefficient (Wildman–Crippen LogP) is 2.74. The van der Waals surface area contributed by atoms with Crippen LogP contribution in [-0.4, -0.2) is 26.5 Å². The standard InChI is InChI=1S/C11H15BrFNO2S/c1-7-4-9(12)10(13)5-11(7)14-8(2)6-17(3,15)16/h4-5,8,14H,6H2,1-3H3. The Morgan fingerprint density at radius 1 is 1.47 bits per heavy atom. The van der Waals surface area contributed by atoms with Gasteiger partial charge in [0, 0.05) is 18.0 Å². The third-order valence-electron chi connectivity index (χ3n) is 2.22. The van der Waals surface area contributed by atoms with Gasteiger partial charge in [-0.25, -0.2) is 12.8 Å². The number of halogens is 2. The third kappa shape index (κ3) is 4.63. The van der Waals surface area contributed by atoms with Crippen LogP contribution in [0.15, 0.2) is 16.6 Å². The maximum Gasteiger partial charge on any atom is 0.149 e. The lowest BCUT2D eigenvalue weighted by Crippen LogP contribution is -2.25. The smallest absolute Gasteiger partial charge is 0.149 e. The Kier molecular flexibility index (Phi) is 4.55. The Morgan fingerprint density at radius 2 is 2.06 bits per heavy atom. The summed E-state index contributed by atoms with van der Waals surface area (Å²) in [6, 6.07) is 2.76. The van der Waals surface area contributed by atoms with Crippen molar-refractivity contribution < 1.29 is 12.8 Å². The first-order chi connectivity index (χ1) is 7.69. The van der Waals surface area contributed by atoms with Gasteiger partial charge in [0.05, 0.1) is 10.2 Å². The highest BCUT2D eigenvalue weighted by Crippen LogP contribution is 2.24. The lowest BCUT2D eigenvalue weighted by Gasteiger charge is -2.16. The molecule has 1 atom stereocenters. The summed E-state index contributed by atoms with van der Waals surface area (Å²) in [4.78, 5) is 0. The van der Waals surface area contributed by atoms with E-state index in [1.165, 1.54) is 12.3 Å². The molecule has 96 valence electrons. The van der Waals surface area contributed by atoms with Crippen molar-refractivity contribution in [1.82, 2.24) is 0 Å². The quantitative estimate of drug-likeness (QED) is 0.926. The summed E-state index contributed by atoms with van der Waals surface area (Å²) in [6.45, 7) is 3.58. The van der Waals surface area contributed by atoms with Gasteiger partial charge < -0.3 is 5.32 Å². The normalized spacial score (nSPS) is 13.5. The van der Waals surface area contributed by atoms with Crippen LogP contribution in [0.2, 0.25) is 0 Å². The number of anilines is 1. The predicted molar refractivity (Wildman–Crippen MR) is 71.6 cm³/mol. The van der Waals surface area contributed by atoms with Crippen LogP contribution in [0.25, 0.3) is 0 Å². The Morgan fingerprint density at radius 3 is 2.59 bits per heavy atom. The minimum absolute atomic E-state index is 0.0180. The summed E-state index contributed by atoms with van der Waals surface area (Å²) in [5.74, 6) is -0.353. The molecule has 1 N–H and O–H groups in total. The molecule has 0 aromatic heterocycles. The van der Waals surface area contributed by atoms with E-state index >= 15 is 0 Å². The number of rotatable bonds is 4. The Hall–Kier alpha value is -0.620. The summed E-state index contributed by atoms with van der Waals surface area (Å²) in [5.41, 5.74) is 1.47. The second-order valence-corrected chi connectivity index (χ2v) is 7.26. The molecule has 0 aliphatic heterocycles. The summed E-state index contributed by atoms with van der Waals surface area (Å²) < 4.78 is 36.0. The Labute approximate surface area is 109 Å². The zero-order valence-corrected chi connectivity index (χ0v) is 12.3. The lowest BCUT2D eigenvalue weighted by atomic mass is 10.2. The molecule has 1 unspecified atom stereocenters. The second-order valence-electron chi connectivity index (χ2n) is 4.22. The van der Waals surface area contributed by atoms with E-state index in [9.17, 15) is 12.8 Å². The molecule has 0 amide bonds. The van der Waals surface area contributed by atoms with Crippen LogP contribution in [0.5, 0.6) is 0 Å². The summed E-state index contributed by atoms with van der Waals surface area (Å²) in [6.07, 6.45) is 1.18. The number of hydrogen-bond acceptors (Lipinski definition) is 3. The first kappa shape index (κ1) is 14.4. The van der Waals surface area contributed by atoms with Crippen molar-refractivity contribution in [2.45, 2.75) is 19.9 Å². The van der Waals surface area contributed by atoms with Crippen LogP contribution in [0.4, 0.5) is 10.1 Å². The zero-order chi connectivity index (χ0) is 13.2. The minimum atomic E-state index is -3.04. The van der Waals surface area contributed by atoms with Crippen molar-refractivity contribution in [3.8, 4) is 0 Å². The Bertz CT molecular complexity index is 516. The first-order valence-corrected chi connectivity index (χ1v) is 7.94. The molecule has 0 spiro atoms. The molecule has 0 heterocycles. The molecule has 0 fully saturated rings. The largest absolute Gasteiger partial charge is 0.381 e. The van der Waals surface area contributed by atoms with E-state index in [0.29, 0.717) is 10.2 Å². The fourth-order valence-electron chi connectivity index (χ4n) is 1.56. The van der Waals surface area contributed by atoms with E-state index in [-0.39, 0.29) is 17.6 Å². The lowest BCUT2D eigenvalue weighted by molar-refractivity contribution is 0.598. The van der Waals surface area contributed by atoms with Crippen molar-refractivity contribution in [1.29, 1.82) is 0 Å². The van der Waals surface area contributed by atoms with Crippen molar-refractivity contribution in [2.24, 2.45) is 0 Å². The maximum absolute atomic E-state index is 13.3. The molecule has 1 aromatic rings. The van der Waals surface area contributed by atoms with Crippen molar-refractivity contribution >= 4 is 31.5 Å². The molecule has 0 radical (unpaired) electrons. The van der Waals surface area contributed by atoms with Crippen molar-refractivity contribution in [3.05, 3.63) is 28.0 Å². The molecule has 6 heteroatoms. The highest BCUT2D eigenvalue weighted by molar-refractivity contribution is 9.10. The van der Waals surface area contributed by atoms with E-state index < -0.39 is 9.84 Å². The van der Waals surface area contributed by atoms with Gasteiger partial charge in [-0.1, -0.05) is 0 Å². The molecule has 3 nitrogen and oxygen atoms in total. The topological polar surface area (TPSA) is 46.2 Å². The van der Waals surface area contributed by atoms with Crippen LogP contribution >= 0.6 is 15.9 Å². The van der Waals surface area contributed by atoms with Gasteiger partial charge in [-0.05, 0) is 47.5 Å². The highest BCUT2D eigenvalue weighted by atomic mass is 79.9. The fourth-order valence-corrected chi connectivity index (χ4v) is 3.01. The maximum atomic E-state index is 13.3. The van der Waals surface area contributed by atoms with Crippen LogP contribution in [0.1, 0.15) is 12.5 Å². The molecule has 17 heavy (non-hydrogen) atoms. The first-order valence-electron chi connectivity index (χ1n) is 5.09. The molecule has 0 saturated heterocycles. The zero-order valence-electron chi connectivity index (χ0n) is 9.92. The monoisotopic (exact) mass is 323 g/mol. The van der Waals surface area contributed by atoms with Crippen LogP contribution in [0.3, 0.4) is 0 Å². The van der Waals surface area contributed by atoms with Crippen LogP contribution in [0, 0.1) is 12.7 Å². The number of benzene rings is 1. The average Bonchev–Trinajstić information content (AvgIpc) is 2.11. The minimum Gasteiger partial charge on any atom is -0.381 e.